The van der Waals surface area contributed by atoms with Gasteiger partial charge in [-0.25, -0.2) is 9.48 Å². The molecule has 2 aromatic heterocycles. The standard InChI is InChI=1S/C26H25N5O4/c1-26(2)23(28-25(34)35)22(16-7-5-4-6-8-16)30(24(26)33)18-9-11-20-17(13-18)14-27-31(20)19-10-12-21(32)29(3)15-19/h4-15,22-23,28H,1-3H3,(H,34,35)/t22-,23-/m1/s1. The van der Waals surface area contributed by atoms with Crippen molar-refractivity contribution >= 4 is 28.6 Å². The third kappa shape index (κ3) is 3.65. The molecule has 1 fully saturated rings. The number of aryl methyl sites for hydroxylation is 1. The summed E-state index contributed by atoms with van der Waals surface area (Å²) < 4.78 is 3.22. The van der Waals surface area contributed by atoms with Crippen LogP contribution in [0.2, 0.25) is 0 Å². The summed E-state index contributed by atoms with van der Waals surface area (Å²) in [4.78, 5) is 38.8. The first-order valence-electron chi connectivity index (χ1n) is 11.2. The molecule has 2 aromatic carbocycles. The number of carbonyl (C=O) groups is 2. The first-order chi connectivity index (χ1) is 16.7. The number of hydrogen-bond acceptors (Lipinski definition) is 4. The van der Waals surface area contributed by atoms with Crippen molar-refractivity contribution in [2.75, 3.05) is 4.90 Å². The summed E-state index contributed by atoms with van der Waals surface area (Å²) in [5, 5.41) is 17.4. The van der Waals surface area contributed by atoms with Gasteiger partial charge in [0, 0.05) is 30.4 Å². The van der Waals surface area contributed by atoms with E-state index >= 15 is 0 Å². The lowest BCUT2D eigenvalue weighted by Crippen LogP contribution is -2.45. The summed E-state index contributed by atoms with van der Waals surface area (Å²) in [5.74, 6) is -0.171. The number of pyridine rings is 1. The zero-order chi connectivity index (χ0) is 24.9. The van der Waals surface area contributed by atoms with Gasteiger partial charge < -0.3 is 19.9 Å². The number of nitrogens with zero attached hydrogens (tertiary/aromatic N) is 4. The minimum absolute atomic E-state index is 0.112. The van der Waals surface area contributed by atoms with E-state index in [0.29, 0.717) is 5.69 Å². The molecule has 0 unspecified atom stereocenters. The molecule has 0 radical (unpaired) electrons. The van der Waals surface area contributed by atoms with E-state index in [4.69, 9.17) is 0 Å². The fourth-order valence-electron chi connectivity index (χ4n) is 4.86. The average molecular weight is 472 g/mol. The number of fused-ring (bicyclic) bond motifs is 1. The van der Waals surface area contributed by atoms with E-state index in [1.807, 2.05) is 48.5 Å². The molecule has 35 heavy (non-hydrogen) atoms. The summed E-state index contributed by atoms with van der Waals surface area (Å²) in [6, 6.07) is 17.1. The van der Waals surface area contributed by atoms with Gasteiger partial charge in [-0.3, -0.25) is 9.59 Å². The SMILES string of the molecule is Cn1cc(-n2ncc3cc(N4C(=O)C(C)(C)[C@H](NC(=O)O)[C@H]4c4ccccc4)ccc32)ccc1=O. The second kappa shape index (κ2) is 8.12. The predicted molar refractivity (Wildman–Crippen MR) is 132 cm³/mol. The van der Waals surface area contributed by atoms with Crippen LogP contribution < -0.4 is 15.8 Å². The van der Waals surface area contributed by atoms with Gasteiger partial charge in [-0.15, -0.1) is 0 Å². The number of carbonyl (C=O) groups excluding carboxylic acids is 1. The monoisotopic (exact) mass is 471 g/mol. The Morgan fingerprint density at radius 3 is 2.43 bits per heavy atom. The quantitative estimate of drug-likeness (QED) is 0.474. The Morgan fingerprint density at radius 2 is 1.74 bits per heavy atom. The fraction of sp³-hybridized carbons (Fsp3) is 0.231. The van der Waals surface area contributed by atoms with Gasteiger partial charge in [0.2, 0.25) is 11.5 Å². The number of nitrogens with one attached hydrogen (secondary N) is 1. The average Bonchev–Trinajstić information content (AvgIpc) is 3.33. The lowest BCUT2D eigenvalue weighted by molar-refractivity contribution is -0.124. The van der Waals surface area contributed by atoms with Crippen LogP contribution >= 0.6 is 0 Å². The van der Waals surface area contributed by atoms with Crippen molar-refractivity contribution in [1.82, 2.24) is 19.7 Å². The van der Waals surface area contributed by atoms with Crippen LogP contribution in [0.15, 0.2) is 77.9 Å². The third-order valence-electron chi connectivity index (χ3n) is 6.71. The maximum absolute atomic E-state index is 13.7. The molecule has 0 aliphatic carbocycles. The summed E-state index contributed by atoms with van der Waals surface area (Å²) in [7, 11) is 1.68. The molecule has 1 aliphatic heterocycles. The summed E-state index contributed by atoms with van der Waals surface area (Å²) >= 11 is 0. The van der Waals surface area contributed by atoms with Crippen molar-refractivity contribution in [2.45, 2.75) is 25.9 Å². The molecule has 1 aliphatic rings. The number of benzene rings is 2. The molecule has 4 aromatic rings. The van der Waals surface area contributed by atoms with Crippen molar-refractivity contribution in [3.8, 4) is 5.69 Å². The van der Waals surface area contributed by atoms with Gasteiger partial charge in [-0.2, -0.15) is 5.10 Å². The van der Waals surface area contributed by atoms with Crippen molar-refractivity contribution in [2.24, 2.45) is 12.5 Å². The highest BCUT2D eigenvalue weighted by Crippen LogP contribution is 2.46. The topological polar surface area (TPSA) is 109 Å². The highest BCUT2D eigenvalue weighted by Gasteiger charge is 2.55. The number of carboxylic acid groups (broad SMARTS) is 1. The maximum Gasteiger partial charge on any atom is 0.404 e. The number of aromatic nitrogens is 3. The van der Waals surface area contributed by atoms with Crippen LogP contribution in [0.5, 0.6) is 0 Å². The van der Waals surface area contributed by atoms with Crippen molar-refractivity contribution in [3.63, 3.8) is 0 Å². The normalized spacial score (nSPS) is 19.3. The van der Waals surface area contributed by atoms with E-state index in [0.717, 1.165) is 22.2 Å². The minimum Gasteiger partial charge on any atom is -0.465 e. The Kier molecular flexibility index (Phi) is 5.20. The van der Waals surface area contributed by atoms with Gasteiger partial charge in [0.25, 0.3) is 0 Å². The molecule has 2 amide bonds. The zero-order valence-corrected chi connectivity index (χ0v) is 19.5. The lowest BCUT2D eigenvalue weighted by Gasteiger charge is -2.30. The van der Waals surface area contributed by atoms with Crippen LogP contribution in [0.25, 0.3) is 16.6 Å². The molecule has 9 heteroatoms. The Morgan fingerprint density at radius 1 is 1.03 bits per heavy atom. The summed E-state index contributed by atoms with van der Waals surface area (Å²) in [6.45, 7) is 3.53. The maximum atomic E-state index is 13.7. The first-order valence-corrected chi connectivity index (χ1v) is 11.2. The molecule has 2 N–H and O–H groups in total. The molecule has 3 heterocycles. The van der Waals surface area contributed by atoms with Gasteiger partial charge in [-0.05, 0) is 43.7 Å². The second-order valence-electron chi connectivity index (χ2n) is 9.32. The number of rotatable bonds is 4. The smallest absolute Gasteiger partial charge is 0.404 e. The van der Waals surface area contributed by atoms with Crippen LogP contribution in [-0.4, -0.2) is 37.5 Å². The Hall–Kier alpha value is -4.40. The van der Waals surface area contributed by atoms with Crippen molar-refractivity contribution < 1.29 is 14.7 Å². The van der Waals surface area contributed by atoms with Crippen LogP contribution in [0.3, 0.4) is 0 Å². The molecular formula is C26H25N5O4. The van der Waals surface area contributed by atoms with E-state index in [9.17, 15) is 19.5 Å². The molecule has 2 atom stereocenters. The minimum atomic E-state index is -1.17. The summed E-state index contributed by atoms with van der Waals surface area (Å²) in [5.41, 5.74) is 1.97. The van der Waals surface area contributed by atoms with Crippen LogP contribution in [0.1, 0.15) is 25.5 Å². The van der Waals surface area contributed by atoms with E-state index < -0.39 is 23.6 Å². The molecule has 9 nitrogen and oxygen atoms in total. The Balaban J connectivity index is 1.62. The van der Waals surface area contributed by atoms with Gasteiger partial charge >= 0.3 is 6.09 Å². The fourth-order valence-corrected chi connectivity index (χ4v) is 4.86. The number of anilines is 1. The summed E-state index contributed by atoms with van der Waals surface area (Å²) in [6.07, 6.45) is 2.25. The van der Waals surface area contributed by atoms with Gasteiger partial charge in [0.15, 0.2) is 0 Å². The van der Waals surface area contributed by atoms with Crippen molar-refractivity contribution in [3.05, 3.63) is 89.0 Å². The van der Waals surface area contributed by atoms with E-state index in [-0.39, 0.29) is 11.5 Å². The predicted octanol–water partition coefficient (Wildman–Crippen LogP) is 3.47. The third-order valence-corrected chi connectivity index (χ3v) is 6.71. The number of amides is 2. The van der Waals surface area contributed by atoms with E-state index in [1.165, 1.54) is 10.6 Å². The van der Waals surface area contributed by atoms with E-state index in [2.05, 4.69) is 10.4 Å². The zero-order valence-electron chi connectivity index (χ0n) is 19.5. The lowest BCUT2D eigenvalue weighted by atomic mass is 9.82. The van der Waals surface area contributed by atoms with Gasteiger partial charge in [0.05, 0.1) is 34.9 Å². The van der Waals surface area contributed by atoms with Crippen molar-refractivity contribution in [1.29, 1.82) is 0 Å². The van der Waals surface area contributed by atoms with E-state index in [1.54, 1.807) is 48.9 Å². The van der Waals surface area contributed by atoms with Crippen LogP contribution in [-0.2, 0) is 11.8 Å². The Labute approximate surface area is 201 Å². The van der Waals surface area contributed by atoms with Crippen LogP contribution in [0.4, 0.5) is 10.5 Å². The molecule has 0 bridgehead atoms. The van der Waals surface area contributed by atoms with Crippen LogP contribution in [0, 0.1) is 5.41 Å². The van der Waals surface area contributed by atoms with Gasteiger partial charge in [-0.1, -0.05) is 30.3 Å². The molecule has 1 saturated heterocycles. The largest absolute Gasteiger partial charge is 0.465 e. The highest BCUT2D eigenvalue weighted by atomic mass is 16.4. The molecule has 178 valence electrons. The molecule has 5 rings (SSSR count). The van der Waals surface area contributed by atoms with Gasteiger partial charge in [0.1, 0.15) is 0 Å². The highest BCUT2D eigenvalue weighted by molar-refractivity contribution is 6.03. The second-order valence-corrected chi connectivity index (χ2v) is 9.32. The molecule has 0 saturated carbocycles. The first kappa shape index (κ1) is 22.4. The Bertz CT molecular complexity index is 1510. The molecular weight excluding hydrogens is 446 g/mol. The number of hydrogen-bond donors (Lipinski definition) is 2. The molecule has 0 spiro atoms.